The summed E-state index contributed by atoms with van der Waals surface area (Å²) in [7, 11) is 17.9. The Hall–Kier alpha value is -0.240. The lowest BCUT2D eigenvalue weighted by Crippen LogP contribution is -2.48. The molecule has 0 aromatic carbocycles. The van der Waals surface area contributed by atoms with Gasteiger partial charge in [-0.2, -0.15) is 0 Å². The van der Waals surface area contributed by atoms with Crippen LogP contribution in [0, 0.1) is 0 Å². The van der Waals surface area contributed by atoms with Crippen molar-refractivity contribution >= 4 is 0 Å². The van der Waals surface area contributed by atoms with Crippen LogP contribution in [0.2, 0.25) is 0 Å². The van der Waals surface area contributed by atoms with Crippen molar-refractivity contribution in [2.75, 3.05) is 148 Å². The van der Waals surface area contributed by atoms with Gasteiger partial charge in [-0.3, -0.25) is 0 Å². The summed E-state index contributed by atoms with van der Waals surface area (Å²) in [6.45, 7) is 31.9. The van der Waals surface area contributed by atoms with Crippen molar-refractivity contribution < 1.29 is 27.2 Å². The maximum Gasteiger partial charge on any atom is 0.102 e. The molecule has 0 saturated carbocycles. The van der Waals surface area contributed by atoms with Gasteiger partial charge in [-0.05, 0) is 58.8 Å². The molecule has 0 spiro atoms. The predicted octanol–water partition coefficient (Wildman–Crippen LogP) is 7.91. The van der Waals surface area contributed by atoms with Gasteiger partial charge in [0, 0.05) is 32.8 Å². The molecule has 3 fully saturated rings. The lowest BCUT2D eigenvalue weighted by Gasteiger charge is -2.37. The average molecular weight is 661 g/mol. The number of nitrogens with zero attached hydrogens (tertiary/aromatic N) is 5. The van der Waals surface area contributed by atoms with Gasteiger partial charge in [0.15, 0.2) is 0 Å². The molecule has 3 saturated heterocycles. The van der Waals surface area contributed by atoms with Gasteiger partial charge in [0.25, 0.3) is 0 Å². The summed E-state index contributed by atoms with van der Waals surface area (Å²) in [5.41, 5.74) is 0. The highest BCUT2D eigenvalue weighted by Gasteiger charge is 2.26. The van der Waals surface area contributed by atoms with Gasteiger partial charge in [-0.1, -0.05) is 34.1 Å². The Morgan fingerprint density at radius 2 is 0.848 bits per heavy atom. The maximum absolute atomic E-state index is 5.03. The Bertz CT molecular complexity index is 642. The van der Waals surface area contributed by atoms with E-state index >= 15 is 0 Å². The van der Waals surface area contributed by atoms with Crippen LogP contribution in [0.3, 0.4) is 0 Å². The first-order valence-corrected chi connectivity index (χ1v) is 20.2. The third-order valence-corrected chi connectivity index (χ3v) is 11.0. The third-order valence-electron chi connectivity index (χ3n) is 11.0. The lowest BCUT2D eigenvalue weighted by atomic mass is 10.1. The molecule has 0 amide bonds. The molecule has 46 heavy (non-hydrogen) atoms. The summed E-state index contributed by atoms with van der Waals surface area (Å²) >= 11 is 0. The molecule has 0 bridgehead atoms. The van der Waals surface area contributed by atoms with Crippen molar-refractivity contribution in [2.24, 2.45) is 0 Å². The third kappa shape index (κ3) is 25.7. The predicted molar refractivity (Wildman–Crippen MR) is 207 cm³/mol. The fourth-order valence-corrected chi connectivity index (χ4v) is 7.29. The second kappa shape index (κ2) is 26.6. The summed E-state index contributed by atoms with van der Waals surface area (Å²) in [6.07, 6.45) is 16.9. The Morgan fingerprint density at radius 1 is 0.478 bits per heavy atom. The van der Waals surface area contributed by atoms with Gasteiger partial charge in [-0.15, -0.1) is 0 Å². The van der Waals surface area contributed by atoms with Crippen LogP contribution in [0.5, 0.6) is 0 Å². The maximum atomic E-state index is 5.03. The van der Waals surface area contributed by atoms with Crippen molar-refractivity contribution in [3.05, 3.63) is 0 Å². The smallest absolute Gasteiger partial charge is 0.102 e. The molecule has 0 radical (unpaired) electrons. The topological polar surface area (TPSA) is 9.23 Å². The van der Waals surface area contributed by atoms with E-state index in [4.69, 9.17) is 4.74 Å². The molecule has 0 N–H and O–H groups in total. The van der Waals surface area contributed by atoms with Crippen molar-refractivity contribution in [3.63, 3.8) is 0 Å². The number of piperidine rings is 1. The van der Waals surface area contributed by atoms with Crippen LogP contribution in [-0.4, -0.2) is 171 Å². The van der Waals surface area contributed by atoms with Crippen molar-refractivity contribution in [3.8, 4) is 0 Å². The minimum Gasteiger partial charge on any atom is -0.379 e. The zero-order valence-electron chi connectivity index (χ0n) is 35.0. The first-order chi connectivity index (χ1) is 21.5. The number of ether oxygens (including phenoxy) is 1. The molecule has 6 heteroatoms. The van der Waals surface area contributed by atoms with Crippen LogP contribution in [-0.2, 0) is 4.74 Å². The van der Waals surface area contributed by atoms with E-state index in [1.54, 1.807) is 7.11 Å². The average Bonchev–Trinajstić information content (AvgIpc) is 3.64. The second-order valence-corrected chi connectivity index (χ2v) is 17.2. The van der Waals surface area contributed by atoms with Crippen molar-refractivity contribution in [1.29, 1.82) is 0 Å². The van der Waals surface area contributed by atoms with E-state index in [0.717, 1.165) is 22.1 Å². The van der Waals surface area contributed by atoms with Gasteiger partial charge in [-0.25, -0.2) is 0 Å². The number of likely N-dealkylation sites (tertiary alicyclic amines) is 3. The van der Waals surface area contributed by atoms with Crippen LogP contribution in [0.15, 0.2) is 0 Å². The largest absolute Gasteiger partial charge is 0.379 e. The molecule has 0 aliphatic carbocycles. The lowest BCUT2D eigenvalue weighted by molar-refractivity contribution is -0.914. The van der Waals surface area contributed by atoms with E-state index in [9.17, 15) is 0 Å². The zero-order valence-corrected chi connectivity index (χ0v) is 35.0. The molecule has 0 unspecified atom stereocenters. The minimum atomic E-state index is 0.873. The molecule has 3 heterocycles. The summed E-state index contributed by atoms with van der Waals surface area (Å²) in [5.74, 6) is 0. The van der Waals surface area contributed by atoms with Crippen LogP contribution in [0.4, 0.5) is 0 Å². The van der Waals surface area contributed by atoms with E-state index in [2.05, 4.69) is 90.9 Å². The molecule has 0 aromatic heterocycles. The molecule has 3 rings (SSSR count). The van der Waals surface area contributed by atoms with Gasteiger partial charge in [0.2, 0.25) is 0 Å². The van der Waals surface area contributed by atoms with Gasteiger partial charge < -0.3 is 27.2 Å². The summed E-state index contributed by atoms with van der Waals surface area (Å²) < 4.78 is 11.3. The first kappa shape index (κ1) is 47.9. The molecule has 0 aromatic rings. The van der Waals surface area contributed by atoms with Gasteiger partial charge in [0.05, 0.1) is 134 Å². The number of hydrogen-bond acceptors (Lipinski definition) is 1. The second-order valence-electron chi connectivity index (χ2n) is 17.2. The number of hydrogen-bond donors (Lipinski definition) is 0. The van der Waals surface area contributed by atoms with Crippen molar-refractivity contribution in [1.82, 2.24) is 0 Å². The summed E-state index contributed by atoms with van der Waals surface area (Å²) in [5, 5.41) is 0. The van der Waals surface area contributed by atoms with Crippen LogP contribution >= 0.6 is 0 Å². The zero-order chi connectivity index (χ0) is 35.6. The summed E-state index contributed by atoms with van der Waals surface area (Å²) in [6, 6.07) is 0. The van der Waals surface area contributed by atoms with E-state index in [-0.39, 0.29) is 0 Å². The molecule has 3 aliphatic rings. The molecule has 3 aliphatic heterocycles. The number of methoxy groups -OCH3 is 1. The fourth-order valence-electron chi connectivity index (χ4n) is 7.29. The van der Waals surface area contributed by atoms with E-state index < -0.39 is 0 Å². The quantitative estimate of drug-likeness (QED) is 0.172. The van der Waals surface area contributed by atoms with Crippen LogP contribution in [0.25, 0.3) is 0 Å². The highest BCUT2D eigenvalue weighted by atomic mass is 16.5. The van der Waals surface area contributed by atoms with Gasteiger partial charge >= 0.3 is 0 Å². The molecular weight excluding hydrogens is 566 g/mol. The first-order valence-electron chi connectivity index (χ1n) is 20.2. The van der Waals surface area contributed by atoms with E-state index in [1.807, 2.05) is 0 Å². The number of quaternary nitrogens is 5. The minimum absolute atomic E-state index is 0.873. The number of likely N-dealkylation sites (N-methyl/N-ethyl adjacent to an activating group) is 1. The SMILES string of the molecule is CCCC[N+]1(C)CCCC1.CCC[N+](C)(C)C.CCC[N+]1(C)CCCC1.CCC[N+]1(C)CCCCC1.CC[N+](C)(CC)CCOC. The monoisotopic (exact) mass is 661 g/mol. The highest BCUT2D eigenvalue weighted by molar-refractivity contribution is 4.52. The van der Waals surface area contributed by atoms with E-state index in [0.29, 0.717) is 0 Å². The Balaban J connectivity index is 0. The molecule has 6 nitrogen and oxygen atoms in total. The van der Waals surface area contributed by atoms with Crippen LogP contribution < -0.4 is 0 Å². The van der Waals surface area contributed by atoms with Gasteiger partial charge in [0.1, 0.15) is 6.54 Å². The Labute approximate surface area is 293 Å². The standard InChI is InChI=1S/2C9H20N.C8H20NO.C8H18N.C6H16N/c1-3-7-10(2)8-5-4-6-9-10;1-3-4-7-10(2)8-5-6-9-10;1-5-9(3,6-2)7-8-10-4;1-3-6-9(2)7-4-5-8-9;1-5-6-7(2,3)4/h2*3-9H2,1-2H3;5-8H2,1-4H3;3-8H2,1-2H3;5-6H2,1-4H3/q5*+1. The molecule has 0 atom stereocenters. The normalized spacial score (nSPS) is 19.7. The number of unbranched alkanes of at least 4 members (excludes halogenated alkanes) is 1. The van der Waals surface area contributed by atoms with E-state index in [1.165, 1.54) is 169 Å². The Kier molecular flexibility index (Phi) is 27.7. The molecule has 280 valence electrons. The summed E-state index contributed by atoms with van der Waals surface area (Å²) in [4.78, 5) is 0. The number of rotatable bonds is 14. The molecular formula is C40H94N5O+5. The highest BCUT2D eigenvalue weighted by Crippen LogP contribution is 2.18. The fraction of sp³-hybridized carbons (Fsp3) is 1.00. The van der Waals surface area contributed by atoms with Crippen molar-refractivity contribution in [2.45, 2.75) is 119 Å². The van der Waals surface area contributed by atoms with Crippen LogP contribution in [0.1, 0.15) is 119 Å². The Morgan fingerprint density at radius 3 is 1.11 bits per heavy atom.